The zero-order chi connectivity index (χ0) is 16.9. The minimum Gasteiger partial charge on any atom is -0.467 e. The lowest BCUT2D eigenvalue weighted by atomic mass is 10.0. The van der Waals surface area contributed by atoms with Gasteiger partial charge in [-0.2, -0.15) is 0 Å². The van der Waals surface area contributed by atoms with Crippen LogP contribution >= 0.6 is 0 Å². The average molecular weight is 313 g/mol. The van der Waals surface area contributed by atoms with Crippen molar-refractivity contribution in [3.63, 3.8) is 0 Å². The molecule has 0 saturated heterocycles. The highest BCUT2D eigenvalue weighted by Gasteiger charge is 2.33. The van der Waals surface area contributed by atoms with Gasteiger partial charge in [0.05, 0.1) is 7.11 Å². The summed E-state index contributed by atoms with van der Waals surface area (Å²) in [7, 11) is 1.10. The third-order valence-electron chi connectivity index (χ3n) is 2.67. The van der Waals surface area contributed by atoms with Crippen LogP contribution in [0.5, 0.6) is 0 Å². The van der Waals surface area contributed by atoms with E-state index in [4.69, 9.17) is 4.74 Å². The molecule has 0 spiro atoms. The van der Waals surface area contributed by atoms with E-state index in [0.717, 1.165) is 13.2 Å². The van der Waals surface area contributed by atoms with Crippen molar-refractivity contribution in [2.24, 2.45) is 0 Å². The van der Waals surface area contributed by atoms with Gasteiger partial charge in [-0.15, -0.1) is 0 Å². The molecule has 2 atom stereocenters. The minimum absolute atomic E-state index is 0.131. The molecule has 0 aliphatic heterocycles. The van der Waals surface area contributed by atoms with Crippen molar-refractivity contribution in [1.82, 2.24) is 5.32 Å². The fourth-order valence-corrected chi connectivity index (χ4v) is 1.72. The average Bonchev–Trinajstić information content (AvgIpc) is 2.42. The first kappa shape index (κ1) is 17.9. The Hall–Kier alpha value is -2.15. The number of nitrogens with one attached hydrogen (secondary N) is 1. The van der Waals surface area contributed by atoms with E-state index in [1.165, 1.54) is 18.2 Å². The number of ether oxygens (including phenoxy) is 2. The number of carbonyl (C=O) groups is 2. The highest BCUT2D eigenvalue weighted by atomic mass is 19.1. The Morgan fingerprint density at radius 2 is 1.86 bits per heavy atom. The molecule has 6 nitrogen and oxygen atoms in total. The molecule has 2 N–H and O–H groups in total. The predicted octanol–water partition coefficient (Wildman–Crippen LogP) is 1.93. The fraction of sp³-hybridized carbons (Fsp3) is 0.467. The number of hydrogen-bond acceptors (Lipinski definition) is 5. The molecule has 0 aromatic heterocycles. The molecule has 1 aromatic rings. The van der Waals surface area contributed by atoms with Gasteiger partial charge in [0.25, 0.3) is 0 Å². The van der Waals surface area contributed by atoms with Crippen LogP contribution in [0.2, 0.25) is 0 Å². The molecule has 0 aliphatic carbocycles. The number of benzene rings is 1. The van der Waals surface area contributed by atoms with E-state index in [-0.39, 0.29) is 5.56 Å². The van der Waals surface area contributed by atoms with Crippen LogP contribution in [0.15, 0.2) is 24.3 Å². The molecule has 0 radical (unpaired) electrons. The number of esters is 1. The predicted molar refractivity (Wildman–Crippen MR) is 76.5 cm³/mol. The second kappa shape index (κ2) is 7.22. The van der Waals surface area contributed by atoms with Crippen LogP contribution in [0.3, 0.4) is 0 Å². The van der Waals surface area contributed by atoms with Crippen LogP contribution in [0.1, 0.15) is 32.4 Å². The molecule has 0 fully saturated rings. The van der Waals surface area contributed by atoms with Crippen molar-refractivity contribution in [1.29, 1.82) is 0 Å². The quantitative estimate of drug-likeness (QED) is 0.830. The van der Waals surface area contributed by atoms with Crippen molar-refractivity contribution in [2.45, 2.75) is 38.5 Å². The van der Waals surface area contributed by atoms with Crippen molar-refractivity contribution in [3.05, 3.63) is 35.6 Å². The van der Waals surface area contributed by atoms with Crippen molar-refractivity contribution in [3.8, 4) is 0 Å². The zero-order valence-electron chi connectivity index (χ0n) is 12.9. The van der Waals surface area contributed by atoms with Gasteiger partial charge in [0.15, 0.2) is 6.04 Å². The molecule has 7 heteroatoms. The molecule has 0 bridgehead atoms. The lowest BCUT2D eigenvalue weighted by Gasteiger charge is -2.25. The van der Waals surface area contributed by atoms with Gasteiger partial charge in [0.1, 0.15) is 17.5 Å². The minimum atomic E-state index is -1.61. The number of halogens is 1. The van der Waals surface area contributed by atoms with Crippen molar-refractivity contribution >= 4 is 12.1 Å². The maximum atomic E-state index is 13.7. The Balaban J connectivity index is 2.96. The Morgan fingerprint density at radius 1 is 1.27 bits per heavy atom. The van der Waals surface area contributed by atoms with Gasteiger partial charge >= 0.3 is 12.1 Å². The maximum absolute atomic E-state index is 13.7. The van der Waals surface area contributed by atoms with Gasteiger partial charge in [-0.05, 0) is 26.8 Å². The molecule has 22 heavy (non-hydrogen) atoms. The van der Waals surface area contributed by atoms with Gasteiger partial charge < -0.3 is 19.9 Å². The summed E-state index contributed by atoms with van der Waals surface area (Å²) in [5, 5.41) is 12.4. The summed E-state index contributed by atoms with van der Waals surface area (Å²) in [6, 6.07) is 3.91. The monoisotopic (exact) mass is 313 g/mol. The van der Waals surface area contributed by atoms with Crippen LogP contribution in [0.25, 0.3) is 0 Å². The summed E-state index contributed by atoms with van der Waals surface area (Å²) in [6.45, 7) is 4.94. The van der Waals surface area contributed by atoms with Gasteiger partial charge in [0.2, 0.25) is 0 Å². The maximum Gasteiger partial charge on any atom is 0.408 e. The summed E-state index contributed by atoms with van der Waals surface area (Å²) in [5.74, 6) is -1.61. The van der Waals surface area contributed by atoms with Gasteiger partial charge in [-0.3, -0.25) is 0 Å². The van der Waals surface area contributed by atoms with Crippen LogP contribution in [-0.2, 0) is 14.3 Å². The summed E-state index contributed by atoms with van der Waals surface area (Å²) in [4.78, 5) is 23.5. The molecule has 1 rings (SSSR count). The molecule has 0 saturated carbocycles. The molecule has 0 aliphatic rings. The summed E-state index contributed by atoms with van der Waals surface area (Å²) >= 11 is 0. The van der Waals surface area contributed by atoms with E-state index in [2.05, 4.69) is 10.1 Å². The molecule has 0 unspecified atom stereocenters. The Kier molecular flexibility index (Phi) is 5.87. The number of aliphatic hydroxyl groups is 1. The summed E-state index contributed by atoms with van der Waals surface area (Å²) in [6.07, 6.45) is -2.53. The first-order valence-electron chi connectivity index (χ1n) is 6.65. The van der Waals surface area contributed by atoms with Crippen LogP contribution in [0, 0.1) is 5.82 Å². The van der Waals surface area contributed by atoms with E-state index >= 15 is 0 Å². The van der Waals surface area contributed by atoms with E-state index < -0.39 is 35.6 Å². The zero-order valence-corrected chi connectivity index (χ0v) is 12.9. The van der Waals surface area contributed by atoms with Crippen LogP contribution in [0.4, 0.5) is 9.18 Å². The second-order valence-corrected chi connectivity index (χ2v) is 5.61. The Bertz CT molecular complexity index is 541. The van der Waals surface area contributed by atoms with E-state index in [9.17, 15) is 19.1 Å². The van der Waals surface area contributed by atoms with Crippen LogP contribution in [-0.4, -0.2) is 35.9 Å². The molecule has 0 heterocycles. The molecule has 1 aromatic carbocycles. The number of carbonyl (C=O) groups excluding carboxylic acids is 2. The normalized spacial score (nSPS) is 13.9. The number of rotatable bonds is 4. The number of alkyl carbamates (subject to hydrolysis) is 1. The third-order valence-corrected chi connectivity index (χ3v) is 2.67. The Morgan fingerprint density at radius 3 is 2.36 bits per heavy atom. The van der Waals surface area contributed by atoms with Crippen molar-refractivity contribution < 1.29 is 28.6 Å². The van der Waals surface area contributed by atoms with E-state index in [0.29, 0.717) is 0 Å². The lowest BCUT2D eigenvalue weighted by molar-refractivity contribution is -0.146. The first-order chi connectivity index (χ1) is 10.2. The van der Waals surface area contributed by atoms with E-state index in [1.807, 2.05) is 0 Å². The SMILES string of the molecule is COC(=O)[C@@H](NC(=O)OC(C)(C)C)[C@H](O)c1ccccc1F. The van der Waals surface area contributed by atoms with Crippen molar-refractivity contribution in [2.75, 3.05) is 7.11 Å². The topological polar surface area (TPSA) is 84.9 Å². The molecule has 122 valence electrons. The molecular weight excluding hydrogens is 293 g/mol. The number of hydrogen-bond donors (Lipinski definition) is 2. The van der Waals surface area contributed by atoms with Gasteiger partial charge in [-0.1, -0.05) is 18.2 Å². The molecule has 1 amide bonds. The van der Waals surface area contributed by atoms with Gasteiger partial charge in [-0.25, -0.2) is 14.0 Å². The Labute approximate surface area is 128 Å². The first-order valence-corrected chi connectivity index (χ1v) is 6.65. The van der Waals surface area contributed by atoms with Gasteiger partial charge in [0, 0.05) is 5.56 Å². The summed E-state index contributed by atoms with van der Waals surface area (Å²) < 4.78 is 23.3. The number of aliphatic hydroxyl groups excluding tert-OH is 1. The fourth-order valence-electron chi connectivity index (χ4n) is 1.72. The smallest absolute Gasteiger partial charge is 0.408 e. The number of amides is 1. The highest BCUT2D eigenvalue weighted by molar-refractivity contribution is 5.82. The number of methoxy groups -OCH3 is 1. The standard InChI is InChI=1S/C15H20FNO5/c1-15(2,3)22-14(20)17-11(13(19)21-4)12(18)9-7-5-6-8-10(9)16/h5-8,11-12,18H,1-4H3,(H,17,20)/t11-,12+/m0/s1. The second-order valence-electron chi connectivity index (χ2n) is 5.61. The van der Waals surface area contributed by atoms with Crippen LogP contribution < -0.4 is 5.32 Å². The largest absolute Gasteiger partial charge is 0.467 e. The third kappa shape index (κ3) is 5.00. The van der Waals surface area contributed by atoms with E-state index in [1.54, 1.807) is 20.8 Å². The lowest BCUT2D eigenvalue weighted by Crippen LogP contribution is -2.47. The summed E-state index contributed by atoms with van der Waals surface area (Å²) in [5.41, 5.74) is -0.915. The molecular formula is C15H20FNO5. The highest BCUT2D eigenvalue weighted by Crippen LogP contribution is 2.21.